The highest BCUT2D eigenvalue weighted by atomic mass is 19.4. The normalized spacial score (nSPS) is 14.6. The van der Waals surface area contributed by atoms with Crippen molar-refractivity contribution in [2.45, 2.75) is 19.5 Å². The highest BCUT2D eigenvalue weighted by Gasteiger charge is 2.38. The molecule has 0 aromatic heterocycles. The first-order chi connectivity index (χ1) is 6.41. The lowest BCUT2D eigenvalue weighted by molar-refractivity contribution is -0.161. The van der Waals surface area contributed by atoms with Crippen LogP contribution in [-0.2, 0) is 4.74 Å². The summed E-state index contributed by atoms with van der Waals surface area (Å²) in [6.45, 7) is 1.59. The fraction of sp³-hybridized carbons (Fsp3) is 0.625. The second-order valence-electron chi connectivity index (χ2n) is 2.45. The van der Waals surface area contributed by atoms with Gasteiger partial charge in [0.15, 0.2) is 0 Å². The molecule has 14 heavy (non-hydrogen) atoms. The molecule has 0 amide bonds. The average Bonchev–Trinajstić information content (AvgIpc) is 2.02. The Morgan fingerprint density at radius 1 is 1.64 bits per heavy atom. The fourth-order valence-corrected chi connectivity index (χ4v) is 0.736. The monoisotopic (exact) mass is 209 g/mol. The standard InChI is InChI=1S/C8H10F3NO2/c1-2-14-7(13)5-6(3-4-12)8(9,10)11/h5-6,13H,2-3H2,1H3. The topological polar surface area (TPSA) is 53.2 Å². The number of halogens is 3. The first-order valence-electron chi connectivity index (χ1n) is 3.89. The van der Waals surface area contributed by atoms with Crippen LogP contribution < -0.4 is 0 Å². The highest BCUT2D eigenvalue weighted by molar-refractivity contribution is 4.96. The molecule has 0 fully saturated rings. The minimum Gasteiger partial charge on any atom is -0.481 e. The van der Waals surface area contributed by atoms with Gasteiger partial charge in [0.1, 0.15) is 0 Å². The van der Waals surface area contributed by atoms with E-state index in [2.05, 4.69) is 4.74 Å². The van der Waals surface area contributed by atoms with Crippen molar-refractivity contribution < 1.29 is 23.0 Å². The smallest absolute Gasteiger partial charge is 0.396 e. The highest BCUT2D eigenvalue weighted by Crippen LogP contribution is 2.30. The van der Waals surface area contributed by atoms with E-state index >= 15 is 0 Å². The number of aliphatic hydroxyl groups is 1. The van der Waals surface area contributed by atoms with Gasteiger partial charge in [0.25, 0.3) is 5.95 Å². The summed E-state index contributed by atoms with van der Waals surface area (Å²) in [5, 5.41) is 17.0. The summed E-state index contributed by atoms with van der Waals surface area (Å²) in [4.78, 5) is 0. The lowest BCUT2D eigenvalue weighted by Gasteiger charge is -2.13. The number of hydrogen-bond donors (Lipinski definition) is 1. The van der Waals surface area contributed by atoms with Gasteiger partial charge in [0.05, 0.1) is 25.0 Å². The number of allylic oxidation sites excluding steroid dienone is 1. The number of nitriles is 1. The van der Waals surface area contributed by atoms with E-state index in [1.807, 2.05) is 0 Å². The van der Waals surface area contributed by atoms with E-state index in [-0.39, 0.29) is 6.61 Å². The third-order valence-electron chi connectivity index (χ3n) is 1.37. The van der Waals surface area contributed by atoms with Gasteiger partial charge in [-0.2, -0.15) is 18.4 Å². The quantitative estimate of drug-likeness (QED) is 0.723. The van der Waals surface area contributed by atoms with Crippen LogP contribution in [0.3, 0.4) is 0 Å². The summed E-state index contributed by atoms with van der Waals surface area (Å²) in [5.41, 5.74) is 0. The lowest BCUT2D eigenvalue weighted by Crippen LogP contribution is -2.21. The molecule has 1 unspecified atom stereocenters. The van der Waals surface area contributed by atoms with Gasteiger partial charge in [0.2, 0.25) is 0 Å². The van der Waals surface area contributed by atoms with Crippen molar-refractivity contribution in [3.05, 3.63) is 12.0 Å². The van der Waals surface area contributed by atoms with Crippen molar-refractivity contribution in [2.24, 2.45) is 5.92 Å². The summed E-state index contributed by atoms with van der Waals surface area (Å²) in [7, 11) is 0. The summed E-state index contributed by atoms with van der Waals surface area (Å²) in [6, 6.07) is 1.39. The molecule has 0 rings (SSSR count). The largest absolute Gasteiger partial charge is 0.481 e. The Morgan fingerprint density at radius 2 is 2.21 bits per heavy atom. The predicted octanol–water partition coefficient (Wildman–Crippen LogP) is 2.51. The van der Waals surface area contributed by atoms with Gasteiger partial charge < -0.3 is 9.84 Å². The van der Waals surface area contributed by atoms with Crippen molar-refractivity contribution >= 4 is 0 Å². The average molecular weight is 209 g/mol. The molecular weight excluding hydrogens is 199 g/mol. The van der Waals surface area contributed by atoms with E-state index in [1.165, 1.54) is 13.0 Å². The number of hydrogen-bond acceptors (Lipinski definition) is 3. The summed E-state index contributed by atoms with van der Waals surface area (Å²) >= 11 is 0. The van der Waals surface area contributed by atoms with Crippen LogP contribution >= 0.6 is 0 Å². The van der Waals surface area contributed by atoms with Crippen LogP contribution in [-0.4, -0.2) is 17.9 Å². The second-order valence-corrected chi connectivity index (χ2v) is 2.45. The van der Waals surface area contributed by atoms with Gasteiger partial charge in [-0.1, -0.05) is 0 Å². The van der Waals surface area contributed by atoms with Crippen LogP contribution in [0.1, 0.15) is 13.3 Å². The Labute approximate surface area is 79.4 Å². The van der Waals surface area contributed by atoms with E-state index in [9.17, 15) is 13.2 Å². The van der Waals surface area contributed by atoms with Crippen LogP contribution in [0.25, 0.3) is 0 Å². The SMILES string of the molecule is CCOC(O)=CC(CC#N)C(F)(F)F. The third-order valence-corrected chi connectivity index (χ3v) is 1.37. The number of nitrogens with zero attached hydrogens (tertiary/aromatic N) is 1. The van der Waals surface area contributed by atoms with Crippen molar-refractivity contribution in [3.63, 3.8) is 0 Å². The summed E-state index contributed by atoms with van der Waals surface area (Å²) < 4.78 is 40.9. The van der Waals surface area contributed by atoms with E-state index in [1.54, 1.807) is 0 Å². The third kappa shape index (κ3) is 4.60. The van der Waals surface area contributed by atoms with Crippen LogP contribution in [0.5, 0.6) is 0 Å². The van der Waals surface area contributed by atoms with Gasteiger partial charge in [-0.05, 0) is 6.92 Å². The molecular formula is C8H10F3NO2. The lowest BCUT2D eigenvalue weighted by atomic mass is 10.1. The van der Waals surface area contributed by atoms with Gasteiger partial charge in [-0.15, -0.1) is 0 Å². The van der Waals surface area contributed by atoms with E-state index in [0.29, 0.717) is 6.08 Å². The Kier molecular flexibility index (Phi) is 4.84. The Bertz CT molecular complexity index is 242. The predicted molar refractivity (Wildman–Crippen MR) is 42.1 cm³/mol. The van der Waals surface area contributed by atoms with Gasteiger partial charge in [-0.25, -0.2) is 0 Å². The van der Waals surface area contributed by atoms with E-state index < -0.39 is 24.5 Å². The van der Waals surface area contributed by atoms with Gasteiger partial charge in [0, 0.05) is 6.08 Å². The van der Waals surface area contributed by atoms with E-state index in [4.69, 9.17) is 10.4 Å². The molecule has 3 nitrogen and oxygen atoms in total. The molecule has 1 N–H and O–H groups in total. The summed E-state index contributed by atoms with van der Waals surface area (Å²) in [5.74, 6) is -2.79. The molecule has 0 aromatic rings. The van der Waals surface area contributed by atoms with Crippen LogP contribution in [0.4, 0.5) is 13.2 Å². The molecule has 6 heteroatoms. The van der Waals surface area contributed by atoms with Crippen LogP contribution in [0.15, 0.2) is 12.0 Å². The van der Waals surface area contributed by atoms with Crippen LogP contribution in [0.2, 0.25) is 0 Å². The summed E-state index contributed by atoms with van der Waals surface area (Å²) in [6.07, 6.45) is -4.78. The van der Waals surface area contributed by atoms with Crippen LogP contribution in [0, 0.1) is 17.2 Å². The molecule has 0 saturated carbocycles. The molecule has 0 heterocycles. The zero-order valence-corrected chi connectivity index (χ0v) is 7.51. The molecule has 0 radical (unpaired) electrons. The Balaban J connectivity index is 4.53. The minimum absolute atomic E-state index is 0.0689. The molecule has 80 valence electrons. The van der Waals surface area contributed by atoms with E-state index in [0.717, 1.165) is 0 Å². The van der Waals surface area contributed by atoms with Crippen molar-refractivity contribution in [1.82, 2.24) is 0 Å². The Morgan fingerprint density at radius 3 is 2.57 bits per heavy atom. The molecule has 0 aliphatic rings. The second kappa shape index (κ2) is 5.37. The number of rotatable bonds is 4. The van der Waals surface area contributed by atoms with Gasteiger partial charge >= 0.3 is 6.18 Å². The first kappa shape index (κ1) is 12.6. The van der Waals surface area contributed by atoms with Crippen molar-refractivity contribution in [3.8, 4) is 6.07 Å². The maximum atomic E-state index is 12.1. The first-order valence-corrected chi connectivity index (χ1v) is 3.89. The molecule has 0 spiro atoms. The van der Waals surface area contributed by atoms with Gasteiger partial charge in [-0.3, -0.25) is 0 Å². The number of ether oxygens (including phenoxy) is 1. The molecule has 0 bridgehead atoms. The molecule has 0 saturated heterocycles. The maximum Gasteiger partial charge on any atom is 0.396 e. The Hall–Kier alpha value is -1.38. The minimum atomic E-state index is -4.54. The molecule has 0 aliphatic carbocycles. The van der Waals surface area contributed by atoms with Crippen molar-refractivity contribution in [1.29, 1.82) is 5.26 Å². The maximum absolute atomic E-state index is 12.1. The number of aliphatic hydroxyl groups excluding tert-OH is 1. The zero-order valence-electron chi connectivity index (χ0n) is 7.51. The number of alkyl halides is 3. The molecule has 1 atom stereocenters. The molecule has 0 aromatic carbocycles. The van der Waals surface area contributed by atoms with Crippen molar-refractivity contribution in [2.75, 3.05) is 6.61 Å². The fourth-order valence-electron chi connectivity index (χ4n) is 0.736. The molecule has 0 aliphatic heterocycles. The zero-order chi connectivity index (χ0) is 11.2.